The van der Waals surface area contributed by atoms with Crippen molar-refractivity contribution in [3.63, 3.8) is 0 Å². The van der Waals surface area contributed by atoms with Crippen LogP contribution in [0.25, 0.3) is 0 Å². The summed E-state index contributed by atoms with van der Waals surface area (Å²) in [7, 11) is 0. The van der Waals surface area contributed by atoms with Crippen LogP contribution in [0.15, 0.2) is 18.2 Å². The monoisotopic (exact) mass is 292 g/mol. The fourth-order valence-electron chi connectivity index (χ4n) is 2.39. The van der Waals surface area contributed by atoms with Gasteiger partial charge in [-0.25, -0.2) is 4.39 Å². The van der Waals surface area contributed by atoms with E-state index >= 15 is 0 Å². The van der Waals surface area contributed by atoms with E-state index in [-0.39, 0.29) is 16.5 Å². The Balaban J connectivity index is 2.09. The molecule has 1 aliphatic heterocycles. The number of likely N-dealkylation sites (tertiary alicyclic amines) is 1. The van der Waals surface area contributed by atoms with Gasteiger partial charge in [0.1, 0.15) is 10.6 Å². The van der Waals surface area contributed by atoms with Crippen molar-refractivity contribution in [1.29, 1.82) is 5.26 Å². The first kappa shape index (κ1) is 14.9. The molecule has 1 saturated heterocycles. The first-order chi connectivity index (χ1) is 9.51. The number of nitrogens with zero attached hydrogens (tertiary/aromatic N) is 2. The van der Waals surface area contributed by atoms with Crippen LogP contribution in [-0.2, 0) is 0 Å². The normalized spacial score (nSPS) is 17.6. The van der Waals surface area contributed by atoms with Gasteiger partial charge in [-0.2, -0.15) is 5.26 Å². The van der Waals surface area contributed by atoms with E-state index in [9.17, 15) is 14.4 Å². The van der Waals surface area contributed by atoms with Crippen LogP contribution >= 0.6 is 11.8 Å². The zero-order valence-electron chi connectivity index (χ0n) is 11.6. The molecule has 0 aromatic heterocycles. The molecule has 0 aliphatic carbocycles. The molecule has 1 heterocycles. The lowest BCUT2D eigenvalue weighted by molar-refractivity contribution is 0.0716. The highest BCUT2D eigenvalue weighted by atomic mass is 32.2. The second kappa shape index (κ2) is 5.84. The van der Waals surface area contributed by atoms with Crippen molar-refractivity contribution in [2.75, 3.05) is 19.3 Å². The summed E-state index contributed by atoms with van der Waals surface area (Å²) in [6.07, 6.45) is 3.29. The Labute approximate surface area is 122 Å². The molecule has 0 unspecified atom stereocenters. The molecule has 0 atom stereocenters. The van der Waals surface area contributed by atoms with Crippen LogP contribution in [0.4, 0.5) is 4.39 Å². The highest BCUT2D eigenvalue weighted by Crippen LogP contribution is 2.34. The van der Waals surface area contributed by atoms with Crippen molar-refractivity contribution in [3.05, 3.63) is 35.1 Å². The predicted octanol–water partition coefficient (Wildman–Crippen LogP) is 3.00. The van der Waals surface area contributed by atoms with Crippen LogP contribution in [-0.4, -0.2) is 34.9 Å². The largest absolute Gasteiger partial charge is 0.338 e. The molecule has 1 aliphatic rings. The number of carbonyl (C=O) groups excluding carboxylic acids is 1. The molecule has 1 aromatic carbocycles. The highest BCUT2D eigenvalue weighted by Gasteiger charge is 2.35. The van der Waals surface area contributed by atoms with E-state index in [0.717, 1.165) is 0 Å². The molecule has 1 aromatic rings. The van der Waals surface area contributed by atoms with E-state index in [1.165, 1.54) is 12.1 Å². The molecular weight excluding hydrogens is 275 g/mol. The van der Waals surface area contributed by atoms with Crippen molar-refractivity contribution in [3.8, 4) is 6.07 Å². The lowest BCUT2D eigenvalue weighted by Crippen LogP contribution is -2.44. The number of piperidine rings is 1. The Morgan fingerprint density at radius 3 is 2.60 bits per heavy atom. The maximum Gasteiger partial charge on any atom is 0.253 e. The molecule has 1 amide bonds. The average Bonchev–Trinajstić information content (AvgIpc) is 2.49. The quantitative estimate of drug-likeness (QED) is 0.841. The number of rotatable bonds is 2. The summed E-state index contributed by atoms with van der Waals surface area (Å²) in [6, 6.07) is 6.79. The number of hydrogen-bond acceptors (Lipinski definition) is 3. The van der Waals surface area contributed by atoms with Crippen molar-refractivity contribution < 1.29 is 9.18 Å². The smallest absolute Gasteiger partial charge is 0.253 e. The van der Waals surface area contributed by atoms with Crippen LogP contribution in [0.2, 0.25) is 0 Å². The number of thioether (sulfide) groups is 1. The van der Waals surface area contributed by atoms with Crippen LogP contribution in [0.3, 0.4) is 0 Å². The Morgan fingerprint density at radius 2 is 2.10 bits per heavy atom. The maximum atomic E-state index is 13.2. The third-order valence-corrected chi connectivity index (χ3v) is 5.14. The SMILES string of the molecule is CSC1(C#N)CCN(C(=O)c2ccc(F)c(C)c2)CC1. The fourth-order valence-corrected chi connectivity index (χ4v) is 3.07. The van der Waals surface area contributed by atoms with E-state index in [4.69, 9.17) is 0 Å². The van der Waals surface area contributed by atoms with Gasteiger partial charge < -0.3 is 4.90 Å². The van der Waals surface area contributed by atoms with E-state index in [2.05, 4.69) is 6.07 Å². The summed E-state index contributed by atoms with van der Waals surface area (Å²) in [4.78, 5) is 14.1. The van der Waals surface area contributed by atoms with Crippen LogP contribution < -0.4 is 0 Å². The molecule has 0 bridgehead atoms. The minimum atomic E-state index is -0.366. The van der Waals surface area contributed by atoms with Gasteiger partial charge in [-0.15, -0.1) is 11.8 Å². The number of nitriles is 1. The zero-order chi connectivity index (χ0) is 14.8. The van der Waals surface area contributed by atoms with Crippen molar-refractivity contribution in [1.82, 2.24) is 4.90 Å². The van der Waals surface area contributed by atoms with Gasteiger partial charge >= 0.3 is 0 Å². The third-order valence-electron chi connectivity index (χ3n) is 3.86. The molecule has 5 heteroatoms. The molecule has 3 nitrogen and oxygen atoms in total. The summed E-state index contributed by atoms with van der Waals surface area (Å²) >= 11 is 1.56. The molecule has 0 radical (unpaired) electrons. The molecule has 0 spiro atoms. The summed E-state index contributed by atoms with van der Waals surface area (Å²) < 4.78 is 12.9. The third kappa shape index (κ3) is 2.80. The van der Waals surface area contributed by atoms with Crippen molar-refractivity contribution in [2.45, 2.75) is 24.5 Å². The molecule has 20 heavy (non-hydrogen) atoms. The van der Waals surface area contributed by atoms with E-state index in [1.54, 1.807) is 29.7 Å². The number of hydrogen-bond donors (Lipinski definition) is 0. The second-order valence-electron chi connectivity index (χ2n) is 5.07. The fraction of sp³-hybridized carbons (Fsp3) is 0.467. The average molecular weight is 292 g/mol. The van der Waals surface area contributed by atoms with E-state index < -0.39 is 0 Å². The Bertz CT molecular complexity index is 559. The summed E-state index contributed by atoms with van der Waals surface area (Å²) in [5.74, 6) is -0.383. The number of aryl methyl sites for hydroxylation is 1. The lowest BCUT2D eigenvalue weighted by Gasteiger charge is -2.36. The lowest BCUT2D eigenvalue weighted by atomic mass is 9.96. The number of amides is 1. The number of carbonyl (C=O) groups is 1. The maximum absolute atomic E-state index is 13.2. The first-order valence-electron chi connectivity index (χ1n) is 6.53. The molecule has 1 fully saturated rings. The minimum absolute atomic E-state index is 0.0826. The Hall–Kier alpha value is -1.54. The topological polar surface area (TPSA) is 44.1 Å². The van der Waals surface area contributed by atoms with Crippen molar-refractivity contribution >= 4 is 17.7 Å². The summed E-state index contributed by atoms with van der Waals surface area (Å²) in [6.45, 7) is 2.80. The number of halogens is 1. The van der Waals surface area contributed by atoms with Gasteiger partial charge in [-0.1, -0.05) is 0 Å². The molecule has 0 saturated carbocycles. The van der Waals surface area contributed by atoms with Gasteiger partial charge in [0.25, 0.3) is 5.91 Å². The van der Waals surface area contributed by atoms with Gasteiger partial charge in [-0.3, -0.25) is 4.79 Å². The van der Waals surface area contributed by atoms with Gasteiger partial charge in [0.2, 0.25) is 0 Å². The van der Waals surface area contributed by atoms with Gasteiger partial charge in [0.05, 0.1) is 6.07 Å². The van der Waals surface area contributed by atoms with Crippen molar-refractivity contribution in [2.24, 2.45) is 0 Å². The highest BCUT2D eigenvalue weighted by molar-refractivity contribution is 8.00. The summed E-state index contributed by atoms with van der Waals surface area (Å²) in [5, 5.41) is 9.23. The second-order valence-corrected chi connectivity index (χ2v) is 6.26. The molecular formula is C15H17FN2OS. The Morgan fingerprint density at radius 1 is 1.45 bits per heavy atom. The van der Waals surface area contributed by atoms with E-state index in [0.29, 0.717) is 37.1 Å². The predicted molar refractivity (Wildman–Crippen MR) is 78.1 cm³/mol. The minimum Gasteiger partial charge on any atom is -0.338 e. The van der Waals surface area contributed by atoms with Crippen LogP contribution in [0.1, 0.15) is 28.8 Å². The molecule has 106 valence electrons. The van der Waals surface area contributed by atoms with Gasteiger partial charge in [0.15, 0.2) is 0 Å². The number of benzene rings is 1. The summed E-state index contributed by atoms with van der Waals surface area (Å²) in [5.41, 5.74) is 0.987. The van der Waals surface area contributed by atoms with Crippen LogP contribution in [0.5, 0.6) is 0 Å². The van der Waals surface area contributed by atoms with E-state index in [1.807, 2.05) is 6.26 Å². The molecule has 2 rings (SSSR count). The van der Waals surface area contributed by atoms with Gasteiger partial charge in [0, 0.05) is 18.7 Å². The molecule has 0 N–H and O–H groups in total. The Kier molecular flexibility index (Phi) is 4.34. The zero-order valence-corrected chi connectivity index (χ0v) is 12.5. The standard InChI is InChI=1S/C15H17FN2OS/c1-11-9-12(3-4-13(11)16)14(19)18-7-5-15(10-17,20-2)6-8-18/h3-4,9H,5-8H2,1-2H3. The first-order valence-corrected chi connectivity index (χ1v) is 7.76. The van der Waals surface area contributed by atoms with Gasteiger partial charge in [-0.05, 0) is 49.8 Å². The van der Waals surface area contributed by atoms with Crippen LogP contribution in [0, 0.1) is 24.1 Å².